The standard InChI is InChI=1S/C29H36BrN3O3/c1-5-33-23-9-8-20(30)16-21(23)24-25(29(2,3)18-34)28(35-4)26-22(27(24)33)15-19(17-31-26)7-6-10-32-11-13-36-14-12-32/h8-9,15,17,20,25,28,34H,5,10-14,16,18H2,1-4H3/t20?,25?,28-/m0/s1. The number of aliphatic hydroxyl groups excluding tert-OH is 1. The van der Waals surface area contributed by atoms with Gasteiger partial charge in [0.2, 0.25) is 0 Å². The number of allylic oxidation sites excluding steroid dienone is 1. The molecule has 192 valence electrons. The van der Waals surface area contributed by atoms with Gasteiger partial charge in [0.25, 0.3) is 0 Å². The molecule has 0 radical (unpaired) electrons. The number of aromatic nitrogens is 2. The first-order chi connectivity index (χ1) is 17.4. The fraction of sp³-hybridized carbons (Fsp3) is 0.552. The highest BCUT2D eigenvalue weighted by Gasteiger charge is 2.47. The van der Waals surface area contributed by atoms with Gasteiger partial charge in [-0.15, -0.1) is 0 Å². The average Bonchev–Trinajstić information content (AvgIpc) is 3.21. The fourth-order valence-electron chi connectivity index (χ4n) is 5.96. The fourth-order valence-corrected chi connectivity index (χ4v) is 6.43. The van der Waals surface area contributed by atoms with E-state index in [4.69, 9.17) is 14.5 Å². The molecule has 6 nitrogen and oxygen atoms in total. The number of halogens is 1. The summed E-state index contributed by atoms with van der Waals surface area (Å²) in [7, 11) is 1.76. The van der Waals surface area contributed by atoms with E-state index in [0.717, 1.165) is 62.6 Å². The summed E-state index contributed by atoms with van der Waals surface area (Å²) < 4.78 is 14.0. The van der Waals surface area contributed by atoms with Crippen LogP contribution in [-0.4, -0.2) is 70.9 Å². The first kappa shape index (κ1) is 25.7. The quantitative estimate of drug-likeness (QED) is 0.439. The molecule has 1 aliphatic heterocycles. The molecule has 5 rings (SSSR count). The van der Waals surface area contributed by atoms with E-state index in [0.29, 0.717) is 0 Å². The van der Waals surface area contributed by atoms with Gasteiger partial charge in [-0.05, 0) is 42.0 Å². The van der Waals surface area contributed by atoms with Crippen molar-refractivity contribution in [3.8, 4) is 23.1 Å². The number of hydrogen-bond donors (Lipinski definition) is 1. The Hall–Kier alpha value is -1.95. The Morgan fingerprint density at radius 2 is 2.08 bits per heavy atom. The molecule has 2 aromatic heterocycles. The van der Waals surface area contributed by atoms with Gasteiger partial charge >= 0.3 is 0 Å². The van der Waals surface area contributed by atoms with Crippen LogP contribution in [0.15, 0.2) is 18.3 Å². The molecule has 3 aliphatic rings. The summed E-state index contributed by atoms with van der Waals surface area (Å²) in [5.41, 5.74) is 7.64. The zero-order chi connectivity index (χ0) is 25.4. The van der Waals surface area contributed by atoms with Crippen LogP contribution >= 0.6 is 15.9 Å². The van der Waals surface area contributed by atoms with Crippen LogP contribution in [0, 0.1) is 17.3 Å². The van der Waals surface area contributed by atoms with Crippen molar-refractivity contribution in [1.82, 2.24) is 14.5 Å². The molecule has 0 amide bonds. The highest BCUT2D eigenvalue weighted by Crippen LogP contribution is 2.56. The maximum atomic E-state index is 10.5. The molecule has 0 aromatic carbocycles. The normalized spacial score (nSPS) is 23.4. The van der Waals surface area contributed by atoms with E-state index < -0.39 is 0 Å². The van der Waals surface area contributed by atoms with Crippen molar-refractivity contribution in [1.29, 1.82) is 0 Å². The molecule has 7 heteroatoms. The van der Waals surface area contributed by atoms with E-state index >= 15 is 0 Å². The summed E-state index contributed by atoms with van der Waals surface area (Å²) in [6, 6.07) is 2.19. The Labute approximate surface area is 222 Å². The SMILES string of the molecule is CCn1c2c(c3c1-c1cc(C#CCN4CCOCC4)cnc1[C@@H](OC)C3C(C)(C)CO)CC(Br)C=C2. The van der Waals surface area contributed by atoms with E-state index in [9.17, 15) is 5.11 Å². The molecule has 0 spiro atoms. The third kappa shape index (κ3) is 4.48. The number of alkyl halides is 1. The van der Waals surface area contributed by atoms with E-state index in [1.165, 1.54) is 22.5 Å². The van der Waals surface area contributed by atoms with Crippen LogP contribution in [0.5, 0.6) is 0 Å². The first-order valence-electron chi connectivity index (χ1n) is 12.9. The molecule has 0 bridgehead atoms. The molecule has 3 atom stereocenters. The van der Waals surface area contributed by atoms with Gasteiger partial charge in [0.05, 0.1) is 31.1 Å². The Balaban J connectivity index is 1.65. The Kier molecular flexibility index (Phi) is 7.44. The minimum absolute atomic E-state index is 0.0199. The van der Waals surface area contributed by atoms with Gasteiger partial charge < -0.3 is 19.1 Å². The summed E-state index contributed by atoms with van der Waals surface area (Å²) in [6.45, 7) is 11.5. The lowest BCUT2D eigenvalue weighted by Gasteiger charge is -2.42. The van der Waals surface area contributed by atoms with Crippen LogP contribution in [0.1, 0.15) is 60.9 Å². The molecular formula is C29H36BrN3O3. The number of aliphatic hydroxyl groups is 1. The summed E-state index contributed by atoms with van der Waals surface area (Å²) in [5.74, 6) is 6.68. The minimum Gasteiger partial charge on any atom is -0.396 e. The van der Waals surface area contributed by atoms with Gasteiger partial charge in [0.1, 0.15) is 6.10 Å². The smallest absolute Gasteiger partial charge is 0.107 e. The third-order valence-electron chi connectivity index (χ3n) is 7.83. The van der Waals surface area contributed by atoms with Crippen LogP contribution in [0.25, 0.3) is 17.3 Å². The zero-order valence-electron chi connectivity index (χ0n) is 21.7. The third-order valence-corrected chi connectivity index (χ3v) is 8.46. The number of ether oxygens (including phenoxy) is 2. The molecule has 2 aromatic rings. The molecular weight excluding hydrogens is 518 g/mol. The van der Waals surface area contributed by atoms with Crippen molar-refractivity contribution < 1.29 is 14.6 Å². The topological polar surface area (TPSA) is 59.8 Å². The van der Waals surface area contributed by atoms with Gasteiger partial charge in [-0.25, -0.2) is 0 Å². The highest BCUT2D eigenvalue weighted by atomic mass is 79.9. The molecule has 1 saturated heterocycles. The molecule has 2 aliphatic carbocycles. The van der Waals surface area contributed by atoms with Gasteiger partial charge in [0, 0.05) is 67.1 Å². The number of rotatable bonds is 5. The predicted molar refractivity (Wildman–Crippen MR) is 146 cm³/mol. The molecule has 2 unspecified atom stereocenters. The van der Waals surface area contributed by atoms with Crippen molar-refractivity contribution in [2.75, 3.05) is 46.6 Å². The first-order valence-corrected chi connectivity index (χ1v) is 13.8. The molecule has 1 fully saturated rings. The predicted octanol–water partition coefficient (Wildman–Crippen LogP) is 4.39. The lowest BCUT2D eigenvalue weighted by molar-refractivity contribution is 0.00871. The van der Waals surface area contributed by atoms with E-state index in [1.807, 2.05) is 6.20 Å². The Morgan fingerprint density at radius 1 is 1.31 bits per heavy atom. The number of methoxy groups -OCH3 is 1. The number of morpholine rings is 1. The Bertz CT molecular complexity index is 1220. The molecule has 3 heterocycles. The van der Waals surface area contributed by atoms with Crippen LogP contribution < -0.4 is 0 Å². The molecule has 1 N–H and O–H groups in total. The minimum atomic E-state index is -0.387. The summed E-state index contributed by atoms with van der Waals surface area (Å²) in [4.78, 5) is 7.56. The lowest BCUT2D eigenvalue weighted by atomic mass is 9.66. The van der Waals surface area contributed by atoms with Crippen molar-refractivity contribution in [2.45, 2.75) is 50.6 Å². The summed E-state index contributed by atoms with van der Waals surface area (Å²) in [6.07, 6.45) is 7.01. The van der Waals surface area contributed by atoms with Crippen LogP contribution in [0.2, 0.25) is 0 Å². The van der Waals surface area contributed by atoms with E-state index in [1.54, 1.807) is 7.11 Å². The second kappa shape index (κ2) is 10.4. The Morgan fingerprint density at radius 3 is 2.78 bits per heavy atom. The summed E-state index contributed by atoms with van der Waals surface area (Å²) in [5, 5.41) is 10.5. The second-order valence-corrected chi connectivity index (χ2v) is 11.8. The number of fused-ring (bicyclic) bond motifs is 5. The van der Waals surface area contributed by atoms with E-state index in [2.05, 4.69) is 76.2 Å². The van der Waals surface area contributed by atoms with E-state index in [-0.39, 0.29) is 28.9 Å². The van der Waals surface area contributed by atoms with Crippen molar-refractivity contribution in [3.63, 3.8) is 0 Å². The monoisotopic (exact) mass is 553 g/mol. The average molecular weight is 555 g/mol. The maximum Gasteiger partial charge on any atom is 0.107 e. The highest BCUT2D eigenvalue weighted by molar-refractivity contribution is 9.09. The lowest BCUT2D eigenvalue weighted by Crippen LogP contribution is -2.36. The van der Waals surface area contributed by atoms with Gasteiger partial charge in [-0.3, -0.25) is 9.88 Å². The van der Waals surface area contributed by atoms with Crippen molar-refractivity contribution in [2.24, 2.45) is 5.41 Å². The maximum absolute atomic E-state index is 10.5. The van der Waals surface area contributed by atoms with Crippen molar-refractivity contribution in [3.05, 3.63) is 46.4 Å². The molecule has 36 heavy (non-hydrogen) atoms. The van der Waals surface area contributed by atoms with Crippen LogP contribution in [0.3, 0.4) is 0 Å². The number of nitrogens with zero attached hydrogens (tertiary/aromatic N) is 3. The summed E-state index contributed by atoms with van der Waals surface area (Å²) >= 11 is 3.82. The molecule has 0 saturated carbocycles. The van der Waals surface area contributed by atoms with Gasteiger partial charge in [-0.2, -0.15) is 0 Å². The van der Waals surface area contributed by atoms with Gasteiger partial charge in [-0.1, -0.05) is 47.7 Å². The van der Waals surface area contributed by atoms with Crippen molar-refractivity contribution >= 4 is 22.0 Å². The van der Waals surface area contributed by atoms with Crippen LogP contribution in [0.4, 0.5) is 0 Å². The second-order valence-electron chi connectivity index (χ2n) is 10.6. The zero-order valence-corrected chi connectivity index (χ0v) is 23.3. The van der Waals surface area contributed by atoms with Crippen LogP contribution in [-0.2, 0) is 22.4 Å². The number of hydrogen-bond acceptors (Lipinski definition) is 5. The van der Waals surface area contributed by atoms with Gasteiger partial charge in [0.15, 0.2) is 0 Å². The number of pyridine rings is 1. The largest absolute Gasteiger partial charge is 0.396 e.